The highest BCUT2D eigenvalue weighted by molar-refractivity contribution is 5.91. The van der Waals surface area contributed by atoms with Gasteiger partial charge in [0.2, 0.25) is 5.91 Å². The Kier molecular flexibility index (Phi) is 4.19. The van der Waals surface area contributed by atoms with Crippen LogP contribution < -0.4 is 5.73 Å². The van der Waals surface area contributed by atoms with Crippen LogP contribution in [0.3, 0.4) is 0 Å². The highest BCUT2D eigenvalue weighted by Gasteiger charge is 2.52. The van der Waals surface area contributed by atoms with Crippen molar-refractivity contribution in [3.63, 3.8) is 0 Å². The highest BCUT2D eigenvalue weighted by Crippen LogP contribution is 2.49. The van der Waals surface area contributed by atoms with Gasteiger partial charge in [0.25, 0.3) is 0 Å². The van der Waals surface area contributed by atoms with E-state index in [-0.39, 0.29) is 16.7 Å². The number of hydrogen-bond donors (Lipinski definition) is 1. The summed E-state index contributed by atoms with van der Waals surface area (Å²) >= 11 is 0. The number of rotatable bonds is 6. The maximum atomic E-state index is 12.9. The molecule has 110 valence electrons. The minimum atomic E-state index is -0.262. The van der Waals surface area contributed by atoms with Gasteiger partial charge in [-0.15, -0.1) is 0 Å². The monoisotopic (exact) mass is 274 g/mol. The first-order chi connectivity index (χ1) is 9.45. The Morgan fingerprint density at radius 1 is 1.30 bits per heavy atom. The van der Waals surface area contributed by atoms with Crippen LogP contribution in [-0.2, 0) is 10.2 Å². The van der Waals surface area contributed by atoms with E-state index in [1.54, 1.807) is 0 Å². The van der Waals surface area contributed by atoms with E-state index < -0.39 is 0 Å². The molecule has 1 aromatic carbocycles. The zero-order chi connectivity index (χ0) is 14.8. The molecular weight excluding hydrogens is 248 g/mol. The summed E-state index contributed by atoms with van der Waals surface area (Å²) in [5, 5.41) is 0. The van der Waals surface area contributed by atoms with Gasteiger partial charge >= 0.3 is 0 Å². The fourth-order valence-corrected chi connectivity index (χ4v) is 2.72. The molecule has 0 unspecified atom stereocenters. The Balaban J connectivity index is 2.17. The molecule has 1 aliphatic carbocycles. The third-order valence-corrected chi connectivity index (χ3v) is 4.33. The van der Waals surface area contributed by atoms with Gasteiger partial charge in [-0.3, -0.25) is 4.79 Å². The van der Waals surface area contributed by atoms with Crippen LogP contribution >= 0.6 is 0 Å². The number of carbonyl (C=O) groups excluding carboxylic acids is 1. The van der Waals surface area contributed by atoms with Crippen LogP contribution in [0.5, 0.6) is 0 Å². The maximum absolute atomic E-state index is 12.9. The molecule has 1 aromatic rings. The van der Waals surface area contributed by atoms with E-state index in [0.717, 1.165) is 31.5 Å². The van der Waals surface area contributed by atoms with Crippen molar-refractivity contribution in [1.82, 2.24) is 4.90 Å². The van der Waals surface area contributed by atoms with Crippen molar-refractivity contribution in [3.05, 3.63) is 35.9 Å². The minimum absolute atomic E-state index is 0.0293. The number of benzene rings is 1. The lowest BCUT2D eigenvalue weighted by atomic mass is 9.90. The fourth-order valence-electron chi connectivity index (χ4n) is 2.72. The minimum Gasteiger partial charge on any atom is -0.342 e. The summed E-state index contributed by atoms with van der Waals surface area (Å²) in [4.78, 5) is 14.9. The zero-order valence-electron chi connectivity index (χ0n) is 12.9. The van der Waals surface area contributed by atoms with Crippen LogP contribution in [0, 0.1) is 5.41 Å². The molecule has 1 aliphatic rings. The van der Waals surface area contributed by atoms with Gasteiger partial charge in [0.1, 0.15) is 0 Å². The molecule has 0 aromatic heterocycles. The number of nitrogens with two attached hydrogens (primary N) is 1. The average molecular weight is 274 g/mol. The molecular formula is C17H26N2O. The van der Waals surface area contributed by atoms with Crippen LogP contribution in [0.2, 0.25) is 0 Å². The summed E-state index contributed by atoms with van der Waals surface area (Å²) in [5.41, 5.74) is 6.68. The average Bonchev–Trinajstić information content (AvgIpc) is 3.27. The number of carbonyl (C=O) groups is 1. The smallest absolute Gasteiger partial charge is 0.233 e. The molecule has 2 N–H and O–H groups in total. The van der Waals surface area contributed by atoms with E-state index in [2.05, 4.69) is 26.0 Å². The molecule has 1 saturated carbocycles. The Morgan fingerprint density at radius 3 is 2.35 bits per heavy atom. The van der Waals surface area contributed by atoms with Crippen molar-refractivity contribution < 1.29 is 4.79 Å². The first kappa shape index (κ1) is 15.0. The molecule has 0 heterocycles. The second-order valence-corrected chi connectivity index (χ2v) is 6.64. The first-order valence-corrected chi connectivity index (χ1v) is 7.50. The van der Waals surface area contributed by atoms with Gasteiger partial charge in [0.05, 0.1) is 5.41 Å². The lowest BCUT2D eigenvalue weighted by molar-refractivity contribution is -0.135. The Bertz CT molecular complexity index is 463. The molecule has 0 aliphatic heterocycles. The first-order valence-electron chi connectivity index (χ1n) is 7.50. The summed E-state index contributed by atoms with van der Waals surface area (Å²) in [5.74, 6) is 0.271. The van der Waals surface area contributed by atoms with Gasteiger partial charge in [-0.2, -0.15) is 0 Å². The normalized spacial score (nSPS) is 16.8. The van der Waals surface area contributed by atoms with E-state index >= 15 is 0 Å². The van der Waals surface area contributed by atoms with Gasteiger partial charge in [0, 0.05) is 13.1 Å². The predicted octanol–water partition coefficient (Wildman–Crippen LogP) is 2.55. The topological polar surface area (TPSA) is 46.3 Å². The van der Waals surface area contributed by atoms with Crippen molar-refractivity contribution in [2.75, 3.05) is 19.6 Å². The molecule has 0 saturated heterocycles. The van der Waals surface area contributed by atoms with Gasteiger partial charge in [0.15, 0.2) is 0 Å². The van der Waals surface area contributed by atoms with Crippen molar-refractivity contribution in [3.8, 4) is 0 Å². The van der Waals surface area contributed by atoms with Gasteiger partial charge in [-0.05, 0) is 37.3 Å². The number of likely N-dealkylation sites (N-methyl/N-ethyl adjacent to an activating group) is 1. The van der Waals surface area contributed by atoms with Crippen LogP contribution in [-0.4, -0.2) is 30.4 Å². The zero-order valence-corrected chi connectivity index (χ0v) is 12.9. The van der Waals surface area contributed by atoms with Crippen LogP contribution in [0.25, 0.3) is 0 Å². The molecule has 0 radical (unpaired) electrons. The second-order valence-electron chi connectivity index (χ2n) is 6.64. The van der Waals surface area contributed by atoms with Crippen LogP contribution in [0.1, 0.15) is 39.2 Å². The Morgan fingerprint density at radius 2 is 1.90 bits per heavy atom. The summed E-state index contributed by atoms with van der Waals surface area (Å²) < 4.78 is 0. The van der Waals surface area contributed by atoms with Crippen LogP contribution in [0.15, 0.2) is 30.3 Å². The van der Waals surface area contributed by atoms with E-state index in [9.17, 15) is 4.79 Å². The lowest BCUT2D eigenvalue weighted by Gasteiger charge is -2.33. The third kappa shape index (κ3) is 2.88. The standard InChI is InChI=1S/C17H26N2O/c1-4-19(13-16(2,3)12-18)15(20)17(10-11-17)14-8-6-5-7-9-14/h5-9H,4,10-13,18H2,1-3H3. The Labute approximate surface area is 122 Å². The highest BCUT2D eigenvalue weighted by atomic mass is 16.2. The maximum Gasteiger partial charge on any atom is 0.233 e. The molecule has 2 rings (SSSR count). The molecule has 0 bridgehead atoms. The van der Waals surface area contributed by atoms with E-state index in [4.69, 9.17) is 5.73 Å². The van der Waals surface area contributed by atoms with Crippen molar-refractivity contribution >= 4 is 5.91 Å². The van der Waals surface area contributed by atoms with Gasteiger partial charge in [-0.25, -0.2) is 0 Å². The largest absolute Gasteiger partial charge is 0.342 e. The Hall–Kier alpha value is -1.35. The summed E-state index contributed by atoms with van der Waals surface area (Å²) in [7, 11) is 0. The fraction of sp³-hybridized carbons (Fsp3) is 0.588. The van der Waals surface area contributed by atoms with E-state index in [1.165, 1.54) is 0 Å². The van der Waals surface area contributed by atoms with Crippen LogP contribution in [0.4, 0.5) is 0 Å². The number of amides is 1. The lowest BCUT2D eigenvalue weighted by Crippen LogP contribution is -2.46. The molecule has 0 atom stereocenters. The molecule has 3 heteroatoms. The summed E-state index contributed by atoms with van der Waals surface area (Å²) in [6.07, 6.45) is 1.94. The molecule has 20 heavy (non-hydrogen) atoms. The molecule has 1 amide bonds. The molecule has 3 nitrogen and oxygen atoms in total. The second kappa shape index (κ2) is 5.57. The van der Waals surface area contributed by atoms with Gasteiger partial charge in [-0.1, -0.05) is 44.2 Å². The van der Waals surface area contributed by atoms with Crippen molar-refractivity contribution in [1.29, 1.82) is 0 Å². The van der Waals surface area contributed by atoms with E-state index in [0.29, 0.717) is 6.54 Å². The van der Waals surface area contributed by atoms with Gasteiger partial charge < -0.3 is 10.6 Å². The SMILES string of the molecule is CCN(CC(C)(C)CN)C(=O)C1(c2ccccc2)CC1. The number of nitrogens with zero attached hydrogens (tertiary/aromatic N) is 1. The summed E-state index contributed by atoms with van der Waals surface area (Å²) in [6, 6.07) is 10.2. The third-order valence-electron chi connectivity index (χ3n) is 4.33. The van der Waals surface area contributed by atoms with E-state index in [1.807, 2.05) is 30.0 Å². The van der Waals surface area contributed by atoms with Crippen molar-refractivity contribution in [2.45, 2.75) is 39.0 Å². The number of hydrogen-bond acceptors (Lipinski definition) is 2. The summed E-state index contributed by atoms with van der Waals surface area (Å²) in [6.45, 7) is 8.35. The predicted molar refractivity (Wildman–Crippen MR) is 82.4 cm³/mol. The van der Waals surface area contributed by atoms with Crippen molar-refractivity contribution in [2.24, 2.45) is 11.1 Å². The quantitative estimate of drug-likeness (QED) is 0.866. The molecule has 1 fully saturated rings. The molecule has 0 spiro atoms.